The van der Waals surface area contributed by atoms with E-state index in [0.29, 0.717) is 56.7 Å². The predicted octanol–water partition coefficient (Wildman–Crippen LogP) is 5.50. The Balaban J connectivity index is 1.55. The van der Waals surface area contributed by atoms with Gasteiger partial charge in [-0.15, -0.1) is 11.3 Å². The van der Waals surface area contributed by atoms with Crippen LogP contribution in [0.25, 0.3) is 37.8 Å². The number of fused-ring (bicyclic) bond motifs is 2. The van der Waals surface area contributed by atoms with Crippen LogP contribution in [0.5, 0.6) is 0 Å². The van der Waals surface area contributed by atoms with Crippen molar-refractivity contribution in [2.75, 3.05) is 19.0 Å². The number of aromatic nitrogens is 4. The Kier molecular flexibility index (Phi) is 7.08. The average molecular weight is 583 g/mol. The maximum Gasteiger partial charge on any atom is 0.267 e. The van der Waals surface area contributed by atoms with Crippen LogP contribution in [0, 0.1) is 19.3 Å². The molecule has 0 saturated heterocycles. The monoisotopic (exact) mass is 582 g/mol. The molecular formula is C30H26N6O3S2. The number of carbonyl (C=O) groups excluding carboxylic acids is 1. The van der Waals surface area contributed by atoms with E-state index in [1.807, 2.05) is 49.6 Å². The lowest BCUT2D eigenvalue weighted by Gasteiger charge is -2.14. The highest BCUT2D eigenvalue weighted by Crippen LogP contribution is 2.39. The van der Waals surface area contributed by atoms with Crippen LogP contribution in [0.3, 0.4) is 0 Å². The van der Waals surface area contributed by atoms with Gasteiger partial charge >= 0.3 is 0 Å². The van der Waals surface area contributed by atoms with Gasteiger partial charge in [-0.1, -0.05) is 41.2 Å². The summed E-state index contributed by atoms with van der Waals surface area (Å²) in [7, 11) is 1.59. The number of carbonyl (C=O) groups is 1. The number of hydrogen-bond acceptors (Lipinski definition) is 8. The summed E-state index contributed by atoms with van der Waals surface area (Å²) in [5.41, 5.74) is 4.45. The van der Waals surface area contributed by atoms with E-state index in [2.05, 4.69) is 5.32 Å². The number of aryl methyl sites for hydroxylation is 2. The second-order valence-corrected chi connectivity index (χ2v) is 11.6. The van der Waals surface area contributed by atoms with Gasteiger partial charge in [0.1, 0.15) is 32.5 Å². The van der Waals surface area contributed by atoms with Crippen molar-refractivity contribution in [3.63, 3.8) is 0 Å². The van der Waals surface area contributed by atoms with Crippen LogP contribution >= 0.6 is 22.7 Å². The van der Waals surface area contributed by atoms with Crippen molar-refractivity contribution in [2.24, 2.45) is 0 Å². The third-order valence-electron chi connectivity index (χ3n) is 6.73. The first-order valence-corrected chi connectivity index (χ1v) is 14.6. The molecule has 11 heteroatoms. The lowest BCUT2D eigenvalue weighted by molar-refractivity contribution is 0.102. The summed E-state index contributed by atoms with van der Waals surface area (Å²) < 4.78 is 8.53. The topological polar surface area (TPSA) is 114 Å². The van der Waals surface area contributed by atoms with Gasteiger partial charge < -0.3 is 14.6 Å². The van der Waals surface area contributed by atoms with E-state index in [0.717, 1.165) is 16.0 Å². The first-order valence-electron chi connectivity index (χ1n) is 12.9. The molecule has 6 aromatic rings. The van der Waals surface area contributed by atoms with Crippen LogP contribution in [0.4, 0.5) is 5.00 Å². The van der Waals surface area contributed by atoms with Gasteiger partial charge in [0.2, 0.25) is 0 Å². The van der Waals surface area contributed by atoms with E-state index in [1.165, 1.54) is 27.1 Å². The lowest BCUT2D eigenvalue weighted by Crippen LogP contribution is -2.28. The Morgan fingerprint density at radius 3 is 2.59 bits per heavy atom. The SMILES string of the molecule is COCCn1c(=N)c(-c2nc(-c3cccs3)c(NC(=O)c3ccc(C)cc3)s2)cc2c(=O)n3cc(C)ccc3nc21. The molecule has 5 aromatic heterocycles. The van der Waals surface area contributed by atoms with Crippen LogP contribution in [0.15, 0.2) is 71.0 Å². The Labute approximate surface area is 242 Å². The number of hydrogen-bond donors (Lipinski definition) is 2. The molecule has 9 nitrogen and oxygen atoms in total. The maximum atomic E-state index is 13.7. The van der Waals surface area contributed by atoms with Crippen molar-refractivity contribution in [1.29, 1.82) is 5.41 Å². The van der Waals surface area contributed by atoms with Crippen molar-refractivity contribution >= 4 is 50.3 Å². The van der Waals surface area contributed by atoms with Gasteiger partial charge in [-0.05, 0) is 55.1 Å². The minimum Gasteiger partial charge on any atom is -0.383 e. The number of benzene rings is 1. The number of pyridine rings is 2. The molecule has 0 spiro atoms. The summed E-state index contributed by atoms with van der Waals surface area (Å²) in [6, 6.07) is 16.6. The van der Waals surface area contributed by atoms with Crippen LogP contribution < -0.4 is 16.4 Å². The molecule has 0 aliphatic carbocycles. The number of rotatable bonds is 7. The lowest BCUT2D eigenvalue weighted by atomic mass is 10.1. The summed E-state index contributed by atoms with van der Waals surface area (Å²) in [4.78, 5) is 37.4. The van der Waals surface area contributed by atoms with E-state index in [9.17, 15) is 9.59 Å². The van der Waals surface area contributed by atoms with Gasteiger partial charge in [0.15, 0.2) is 0 Å². The molecule has 0 aliphatic heterocycles. The normalized spacial score (nSPS) is 11.4. The van der Waals surface area contributed by atoms with Crippen LogP contribution in [-0.2, 0) is 11.3 Å². The van der Waals surface area contributed by atoms with E-state index < -0.39 is 0 Å². The minimum atomic E-state index is -0.248. The highest BCUT2D eigenvalue weighted by atomic mass is 32.1. The number of nitrogens with zero attached hydrogens (tertiary/aromatic N) is 4. The second-order valence-electron chi connectivity index (χ2n) is 9.63. The molecule has 1 amide bonds. The van der Waals surface area contributed by atoms with Crippen molar-refractivity contribution in [3.05, 3.63) is 98.7 Å². The minimum absolute atomic E-state index is 0.154. The number of amides is 1. The Morgan fingerprint density at radius 1 is 1.07 bits per heavy atom. The fraction of sp³-hybridized carbons (Fsp3) is 0.167. The summed E-state index contributed by atoms with van der Waals surface area (Å²) in [5, 5.41) is 15.6. The molecule has 206 valence electrons. The molecule has 0 unspecified atom stereocenters. The zero-order chi connectivity index (χ0) is 28.7. The highest BCUT2D eigenvalue weighted by molar-refractivity contribution is 7.20. The maximum absolute atomic E-state index is 13.7. The van der Waals surface area contributed by atoms with Gasteiger partial charge in [-0.2, -0.15) is 0 Å². The molecule has 0 atom stereocenters. The number of ether oxygens (including phenoxy) is 1. The van der Waals surface area contributed by atoms with Gasteiger partial charge in [-0.25, -0.2) is 9.97 Å². The summed E-state index contributed by atoms with van der Waals surface area (Å²) in [5.74, 6) is -0.248. The molecule has 2 N–H and O–H groups in total. The molecular weight excluding hydrogens is 557 g/mol. The molecule has 0 fully saturated rings. The van der Waals surface area contributed by atoms with E-state index >= 15 is 0 Å². The number of methoxy groups -OCH3 is 1. The van der Waals surface area contributed by atoms with Crippen molar-refractivity contribution < 1.29 is 9.53 Å². The van der Waals surface area contributed by atoms with Crippen molar-refractivity contribution in [1.82, 2.24) is 18.9 Å². The van der Waals surface area contributed by atoms with Gasteiger partial charge in [0, 0.05) is 25.4 Å². The summed E-state index contributed by atoms with van der Waals surface area (Å²) >= 11 is 2.78. The summed E-state index contributed by atoms with van der Waals surface area (Å²) in [6.07, 6.45) is 1.76. The van der Waals surface area contributed by atoms with Crippen LogP contribution in [0.2, 0.25) is 0 Å². The van der Waals surface area contributed by atoms with Crippen LogP contribution in [0.1, 0.15) is 21.5 Å². The van der Waals surface area contributed by atoms with E-state index in [4.69, 9.17) is 20.1 Å². The zero-order valence-corrected chi connectivity index (χ0v) is 24.2. The molecule has 5 heterocycles. The van der Waals surface area contributed by atoms with Crippen LogP contribution in [-0.4, -0.2) is 38.6 Å². The molecule has 1 aromatic carbocycles. The Hall–Kier alpha value is -4.45. The van der Waals surface area contributed by atoms with E-state index in [1.54, 1.807) is 42.1 Å². The smallest absolute Gasteiger partial charge is 0.267 e. The number of nitrogens with one attached hydrogen (secondary N) is 2. The van der Waals surface area contributed by atoms with Gasteiger partial charge in [0.25, 0.3) is 11.5 Å². The highest BCUT2D eigenvalue weighted by Gasteiger charge is 2.21. The molecule has 0 radical (unpaired) electrons. The zero-order valence-electron chi connectivity index (χ0n) is 22.6. The molecule has 41 heavy (non-hydrogen) atoms. The fourth-order valence-electron chi connectivity index (χ4n) is 4.59. The van der Waals surface area contributed by atoms with Gasteiger partial charge in [-0.3, -0.25) is 19.4 Å². The first-order chi connectivity index (χ1) is 19.8. The van der Waals surface area contributed by atoms with Crippen molar-refractivity contribution in [2.45, 2.75) is 20.4 Å². The Bertz CT molecular complexity index is 2040. The third-order valence-corrected chi connectivity index (χ3v) is 8.61. The van der Waals surface area contributed by atoms with Crippen molar-refractivity contribution in [3.8, 4) is 21.1 Å². The second kappa shape index (κ2) is 10.8. The number of thiazole rings is 1. The third kappa shape index (κ3) is 4.99. The first kappa shape index (κ1) is 26.8. The number of anilines is 1. The number of thiophene rings is 1. The largest absolute Gasteiger partial charge is 0.383 e. The molecule has 6 rings (SSSR count). The standard InChI is InChI=1S/C30H26N6O3S2/c1-17-6-9-19(10-7-17)27(37)34-29-24(22-5-4-14-40-22)33-28(41-29)20-15-21-26(35(25(20)31)12-13-39-3)32-23-11-8-18(2)16-36(23)30(21)38/h4-11,14-16,31H,12-13H2,1-3H3,(H,34,37). The average Bonchev–Trinajstić information content (AvgIpc) is 3.64. The molecule has 0 bridgehead atoms. The Morgan fingerprint density at radius 2 is 1.85 bits per heavy atom. The van der Waals surface area contributed by atoms with E-state index in [-0.39, 0.29) is 17.0 Å². The molecule has 0 aliphatic rings. The quantitative estimate of drug-likeness (QED) is 0.242. The van der Waals surface area contributed by atoms with Gasteiger partial charge in [0.05, 0.1) is 22.4 Å². The fourth-order valence-corrected chi connectivity index (χ4v) is 6.36. The predicted molar refractivity (Wildman–Crippen MR) is 163 cm³/mol. The summed E-state index contributed by atoms with van der Waals surface area (Å²) in [6.45, 7) is 4.55. The molecule has 0 saturated carbocycles.